The smallest absolute Gasteiger partial charge is 0.306 e. The predicted molar refractivity (Wildman–Crippen MR) is 130 cm³/mol. The van der Waals surface area contributed by atoms with Crippen molar-refractivity contribution in [2.24, 2.45) is 0 Å². The number of methoxy groups -OCH3 is 1. The predicted octanol–water partition coefficient (Wildman–Crippen LogP) is 4.33. The molecule has 0 saturated carbocycles. The molecule has 0 radical (unpaired) electrons. The fourth-order valence-corrected chi connectivity index (χ4v) is 4.88. The van der Waals surface area contributed by atoms with Gasteiger partial charge in [0.05, 0.1) is 17.8 Å². The first kappa shape index (κ1) is 22.0. The standard InChI is InChI=1S/C22H24ClN7O2S/c1-3-28-10-11-29(33-28)9-8-25-21-24-7-6-17(26-21)20-19(27-22-30(20)12-13-32-22)15-4-5-16(23)18(14-15)31-2/h4-7,12-14H,3,8-11H2,1-2H3,(H,24,25,26). The Labute approximate surface area is 201 Å². The maximum atomic E-state index is 6.23. The molecule has 5 rings (SSSR count). The molecule has 0 bridgehead atoms. The highest BCUT2D eigenvalue weighted by molar-refractivity contribution is 7.94. The maximum Gasteiger partial charge on any atom is 0.306 e. The van der Waals surface area contributed by atoms with Gasteiger partial charge in [0, 0.05) is 62.8 Å². The number of anilines is 1. The zero-order valence-electron chi connectivity index (χ0n) is 18.4. The van der Waals surface area contributed by atoms with E-state index in [1.54, 1.807) is 37.8 Å². The van der Waals surface area contributed by atoms with Gasteiger partial charge in [-0.1, -0.05) is 24.6 Å². The van der Waals surface area contributed by atoms with E-state index in [2.05, 4.69) is 30.8 Å². The zero-order valence-corrected chi connectivity index (χ0v) is 19.9. The SMILES string of the molecule is CCN1CCN(CCNc2nccc(-c3c(-c4ccc(Cl)c(OC)c4)nc4occn34)n2)S1. The van der Waals surface area contributed by atoms with Crippen LogP contribution in [0.4, 0.5) is 5.95 Å². The Morgan fingerprint density at radius 1 is 1.21 bits per heavy atom. The second kappa shape index (κ2) is 9.60. The molecule has 1 fully saturated rings. The number of ether oxygens (including phenoxy) is 1. The Balaban J connectivity index is 1.41. The summed E-state index contributed by atoms with van der Waals surface area (Å²) in [5, 5.41) is 3.89. The number of rotatable bonds is 8. The van der Waals surface area contributed by atoms with Gasteiger partial charge in [-0.15, -0.1) is 0 Å². The molecule has 0 unspecified atom stereocenters. The minimum absolute atomic E-state index is 0.480. The number of imidazole rings is 1. The Morgan fingerprint density at radius 2 is 2.09 bits per heavy atom. The fourth-order valence-electron chi connectivity index (χ4n) is 3.74. The monoisotopic (exact) mass is 485 g/mol. The minimum atomic E-state index is 0.480. The number of halogens is 1. The van der Waals surface area contributed by atoms with E-state index in [9.17, 15) is 0 Å². The Hall–Kier alpha value is -2.79. The van der Waals surface area contributed by atoms with Gasteiger partial charge in [0.2, 0.25) is 5.95 Å². The average molecular weight is 486 g/mol. The van der Waals surface area contributed by atoms with Crippen LogP contribution >= 0.6 is 23.7 Å². The number of fused-ring (bicyclic) bond motifs is 1. The van der Waals surface area contributed by atoms with Gasteiger partial charge < -0.3 is 14.5 Å². The highest BCUT2D eigenvalue weighted by atomic mass is 35.5. The van der Waals surface area contributed by atoms with Gasteiger partial charge in [0.15, 0.2) is 0 Å². The quantitative estimate of drug-likeness (QED) is 0.366. The number of oxazole rings is 1. The molecule has 1 N–H and O–H groups in total. The topological polar surface area (TPSA) is 84.0 Å². The van der Waals surface area contributed by atoms with Crippen LogP contribution in [0.3, 0.4) is 0 Å². The molecule has 4 aromatic rings. The third kappa shape index (κ3) is 4.51. The molecule has 11 heteroatoms. The first-order valence-electron chi connectivity index (χ1n) is 10.7. The lowest BCUT2D eigenvalue weighted by Gasteiger charge is -2.15. The van der Waals surface area contributed by atoms with Crippen molar-refractivity contribution in [2.45, 2.75) is 6.92 Å². The van der Waals surface area contributed by atoms with Crippen LogP contribution in [0.15, 0.2) is 47.3 Å². The average Bonchev–Trinajstić information content (AvgIpc) is 3.55. The van der Waals surface area contributed by atoms with Crippen molar-refractivity contribution < 1.29 is 9.15 Å². The highest BCUT2D eigenvalue weighted by Crippen LogP contribution is 2.36. The minimum Gasteiger partial charge on any atom is -0.495 e. The molecule has 1 aliphatic heterocycles. The van der Waals surface area contributed by atoms with Gasteiger partial charge in [0.25, 0.3) is 0 Å². The molecular weight excluding hydrogens is 462 g/mol. The molecule has 33 heavy (non-hydrogen) atoms. The van der Waals surface area contributed by atoms with Crippen molar-refractivity contribution in [1.82, 2.24) is 28.0 Å². The Morgan fingerprint density at radius 3 is 2.91 bits per heavy atom. The van der Waals surface area contributed by atoms with Gasteiger partial charge in [0.1, 0.15) is 23.4 Å². The Bertz CT molecular complexity index is 1260. The van der Waals surface area contributed by atoms with Crippen LogP contribution in [-0.2, 0) is 0 Å². The normalized spacial score (nSPS) is 14.9. The summed E-state index contributed by atoms with van der Waals surface area (Å²) >= 11 is 8.02. The number of hydrogen-bond acceptors (Lipinski definition) is 9. The molecule has 1 saturated heterocycles. The van der Waals surface area contributed by atoms with Crippen LogP contribution < -0.4 is 10.1 Å². The molecule has 1 aliphatic rings. The second-order valence-corrected chi connectivity index (χ2v) is 9.04. The molecule has 3 aromatic heterocycles. The number of hydrogen-bond donors (Lipinski definition) is 1. The molecular formula is C22H24ClN7O2S. The van der Waals surface area contributed by atoms with Crippen molar-refractivity contribution in [1.29, 1.82) is 0 Å². The van der Waals surface area contributed by atoms with E-state index in [0.717, 1.165) is 55.4 Å². The van der Waals surface area contributed by atoms with E-state index in [0.29, 0.717) is 22.6 Å². The van der Waals surface area contributed by atoms with Crippen LogP contribution in [0.2, 0.25) is 5.02 Å². The van der Waals surface area contributed by atoms with Gasteiger partial charge in [-0.3, -0.25) is 4.40 Å². The summed E-state index contributed by atoms with van der Waals surface area (Å²) in [6.07, 6.45) is 5.18. The Kier molecular flexibility index (Phi) is 6.41. The molecule has 0 atom stereocenters. The summed E-state index contributed by atoms with van der Waals surface area (Å²) in [6, 6.07) is 7.43. The number of likely N-dealkylation sites (N-methyl/N-ethyl adjacent to an activating group) is 1. The zero-order chi connectivity index (χ0) is 22.8. The third-order valence-electron chi connectivity index (χ3n) is 5.41. The van der Waals surface area contributed by atoms with Gasteiger partial charge >= 0.3 is 5.84 Å². The second-order valence-electron chi connectivity index (χ2n) is 7.44. The van der Waals surface area contributed by atoms with E-state index in [4.69, 9.17) is 25.7 Å². The van der Waals surface area contributed by atoms with E-state index in [1.807, 2.05) is 28.8 Å². The molecule has 0 amide bonds. The number of benzene rings is 1. The number of nitrogens with one attached hydrogen (secondary N) is 1. The van der Waals surface area contributed by atoms with Crippen molar-refractivity contribution >= 4 is 35.5 Å². The van der Waals surface area contributed by atoms with E-state index in [-0.39, 0.29) is 0 Å². The number of nitrogens with zero attached hydrogens (tertiary/aromatic N) is 6. The summed E-state index contributed by atoms with van der Waals surface area (Å²) < 4.78 is 17.5. The largest absolute Gasteiger partial charge is 0.495 e. The van der Waals surface area contributed by atoms with Crippen molar-refractivity contribution in [3.05, 3.63) is 47.9 Å². The van der Waals surface area contributed by atoms with E-state index in [1.165, 1.54) is 0 Å². The molecule has 1 aromatic carbocycles. The van der Waals surface area contributed by atoms with Crippen molar-refractivity contribution in [2.75, 3.05) is 45.2 Å². The van der Waals surface area contributed by atoms with Crippen LogP contribution in [0.1, 0.15) is 6.92 Å². The van der Waals surface area contributed by atoms with Gasteiger partial charge in [-0.2, -0.15) is 4.98 Å². The molecule has 172 valence electrons. The van der Waals surface area contributed by atoms with Crippen molar-refractivity contribution in [3.8, 4) is 28.4 Å². The summed E-state index contributed by atoms with van der Waals surface area (Å²) in [5.74, 6) is 1.63. The van der Waals surface area contributed by atoms with Crippen LogP contribution in [0.5, 0.6) is 5.75 Å². The first-order chi connectivity index (χ1) is 16.2. The third-order valence-corrected chi connectivity index (χ3v) is 6.99. The fraction of sp³-hybridized carbons (Fsp3) is 0.318. The summed E-state index contributed by atoms with van der Waals surface area (Å²) in [5.41, 5.74) is 3.12. The lowest BCUT2D eigenvalue weighted by molar-refractivity contribution is 0.415. The first-order valence-corrected chi connectivity index (χ1v) is 11.8. The van der Waals surface area contributed by atoms with E-state index >= 15 is 0 Å². The van der Waals surface area contributed by atoms with Crippen LogP contribution in [0, 0.1) is 0 Å². The lowest BCUT2D eigenvalue weighted by atomic mass is 10.1. The van der Waals surface area contributed by atoms with Crippen LogP contribution in [-0.4, -0.2) is 67.8 Å². The molecule has 4 heterocycles. The lowest BCUT2D eigenvalue weighted by Crippen LogP contribution is -2.22. The molecule has 0 aliphatic carbocycles. The number of aromatic nitrogens is 4. The van der Waals surface area contributed by atoms with E-state index < -0.39 is 0 Å². The van der Waals surface area contributed by atoms with Gasteiger partial charge in [-0.25, -0.2) is 18.6 Å². The summed E-state index contributed by atoms with van der Waals surface area (Å²) in [4.78, 5) is 13.9. The summed E-state index contributed by atoms with van der Waals surface area (Å²) in [6.45, 7) is 7.04. The van der Waals surface area contributed by atoms with Crippen LogP contribution in [0.25, 0.3) is 28.5 Å². The van der Waals surface area contributed by atoms with Crippen molar-refractivity contribution in [3.63, 3.8) is 0 Å². The molecule has 9 nitrogen and oxygen atoms in total. The maximum absolute atomic E-state index is 6.23. The molecule has 0 spiro atoms. The van der Waals surface area contributed by atoms with Gasteiger partial charge in [-0.05, 0) is 18.2 Å². The highest BCUT2D eigenvalue weighted by Gasteiger charge is 2.21. The summed E-state index contributed by atoms with van der Waals surface area (Å²) in [7, 11) is 1.59.